The zero-order valence-corrected chi connectivity index (χ0v) is 22.9. The number of anilines is 2. The highest BCUT2D eigenvalue weighted by molar-refractivity contribution is 7.20. The molecule has 0 saturated heterocycles. The van der Waals surface area contributed by atoms with Crippen molar-refractivity contribution in [2.75, 3.05) is 5.32 Å². The Labute approximate surface area is 223 Å². The number of aromatic nitrogens is 2. The average molecular weight is 538 g/mol. The Morgan fingerprint density at radius 3 is 2.43 bits per heavy atom. The average Bonchev–Trinajstić information content (AvgIpc) is 3.39. The van der Waals surface area contributed by atoms with Gasteiger partial charge in [-0.2, -0.15) is 0 Å². The van der Waals surface area contributed by atoms with Crippen molar-refractivity contribution in [1.29, 1.82) is 0 Å². The second-order valence-electron chi connectivity index (χ2n) is 9.62. The fraction of sp³-hybridized carbons (Fsp3) is 0.259. The van der Waals surface area contributed by atoms with Crippen LogP contribution in [0.3, 0.4) is 0 Å². The van der Waals surface area contributed by atoms with Crippen molar-refractivity contribution >= 4 is 45.3 Å². The van der Waals surface area contributed by atoms with Crippen LogP contribution < -0.4 is 16.4 Å². The number of hydrogen-bond acceptors (Lipinski definition) is 7. The molecule has 0 atom stereocenters. The van der Waals surface area contributed by atoms with Crippen molar-refractivity contribution < 1.29 is 14.0 Å². The summed E-state index contributed by atoms with van der Waals surface area (Å²) in [6.07, 6.45) is 0. The van der Waals surface area contributed by atoms with E-state index in [-0.39, 0.29) is 28.4 Å². The molecular formula is C27H28FN5O2S2. The van der Waals surface area contributed by atoms with E-state index in [1.165, 1.54) is 28.7 Å². The van der Waals surface area contributed by atoms with Crippen molar-refractivity contribution in [3.63, 3.8) is 0 Å². The van der Waals surface area contributed by atoms with Crippen LogP contribution in [0.2, 0.25) is 0 Å². The molecule has 1 aromatic carbocycles. The number of nitrogens with two attached hydrogens (primary N) is 1. The summed E-state index contributed by atoms with van der Waals surface area (Å²) < 4.78 is 15.0. The third-order valence-electron chi connectivity index (χ3n) is 5.73. The zero-order chi connectivity index (χ0) is 26.9. The topological polar surface area (TPSA) is 110 Å². The van der Waals surface area contributed by atoms with Crippen LogP contribution in [0.4, 0.5) is 15.2 Å². The molecule has 0 saturated carbocycles. The van der Waals surface area contributed by atoms with Crippen LogP contribution >= 0.6 is 22.7 Å². The minimum absolute atomic E-state index is 0.193. The van der Waals surface area contributed by atoms with E-state index in [9.17, 15) is 9.59 Å². The van der Waals surface area contributed by atoms with Crippen LogP contribution in [0.5, 0.6) is 0 Å². The number of hydrogen-bond donors (Lipinski definition) is 3. The van der Waals surface area contributed by atoms with Gasteiger partial charge in [0, 0.05) is 15.3 Å². The third kappa shape index (κ3) is 6.03. The van der Waals surface area contributed by atoms with Gasteiger partial charge in [0.1, 0.15) is 22.3 Å². The number of halogens is 1. The van der Waals surface area contributed by atoms with E-state index in [4.69, 9.17) is 5.73 Å². The van der Waals surface area contributed by atoms with E-state index in [1.807, 2.05) is 40.7 Å². The first-order valence-electron chi connectivity index (χ1n) is 11.6. The van der Waals surface area contributed by atoms with Gasteiger partial charge in [-0.3, -0.25) is 9.59 Å². The van der Waals surface area contributed by atoms with Gasteiger partial charge in [0.2, 0.25) is 0 Å². The van der Waals surface area contributed by atoms with Crippen molar-refractivity contribution in [3.05, 3.63) is 80.7 Å². The van der Waals surface area contributed by atoms with Gasteiger partial charge in [-0.1, -0.05) is 39.0 Å². The van der Waals surface area contributed by atoms with E-state index in [2.05, 4.69) is 20.6 Å². The molecule has 0 fully saturated rings. The highest BCUT2D eigenvalue weighted by Crippen LogP contribution is 2.39. The Morgan fingerprint density at radius 2 is 1.81 bits per heavy atom. The predicted octanol–water partition coefficient (Wildman–Crippen LogP) is 6.09. The number of carbonyl (C=O) groups is 2. The van der Waals surface area contributed by atoms with E-state index < -0.39 is 5.91 Å². The highest BCUT2D eigenvalue weighted by Gasteiger charge is 2.20. The lowest BCUT2D eigenvalue weighted by atomic mass is 9.86. The van der Waals surface area contributed by atoms with Gasteiger partial charge in [-0.15, -0.1) is 22.7 Å². The van der Waals surface area contributed by atoms with E-state index in [0.29, 0.717) is 27.8 Å². The highest BCUT2D eigenvalue weighted by atomic mass is 32.1. The summed E-state index contributed by atoms with van der Waals surface area (Å²) >= 11 is 2.73. The lowest BCUT2D eigenvalue weighted by molar-refractivity contribution is 0.0945. The molecule has 3 heterocycles. The Bertz CT molecular complexity index is 1490. The van der Waals surface area contributed by atoms with Gasteiger partial charge in [-0.05, 0) is 49.1 Å². The third-order valence-corrected chi connectivity index (χ3v) is 7.89. The van der Waals surface area contributed by atoms with Gasteiger partial charge < -0.3 is 16.4 Å². The Morgan fingerprint density at radius 1 is 1.05 bits per heavy atom. The number of nitrogens with zero attached hydrogens (tertiary/aromatic N) is 2. The number of amides is 2. The summed E-state index contributed by atoms with van der Waals surface area (Å²) in [5.41, 5.74) is 7.99. The molecule has 3 aromatic heterocycles. The second kappa shape index (κ2) is 10.4. The molecule has 0 bridgehead atoms. The monoisotopic (exact) mass is 537 g/mol. The molecule has 2 amide bonds. The van der Waals surface area contributed by atoms with Gasteiger partial charge >= 0.3 is 0 Å². The molecule has 10 heteroatoms. The van der Waals surface area contributed by atoms with E-state index >= 15 is 4.39 Å². The summed E-state index contributed by atoms with van der Waals surface area (Å²) in [6.45, 7) is 10.2. The summed E-state index contributed by atoms with van der Waals surface area (Å²) in [5, 5.41) is 7.30. The van der Waals surface area contributed by atoms with Gasteiger partial charge in [0.15, 0.2) is 0 Å². The van der Waals surface area contributed by atoms with Crippen LogP contribution in [-0.2, 0) is 12.0 Å². The first kappa shape index (κ1) is 26.4. The summed E-state index contributed by atoms with van der Waals surface area (Å²) in [4.78, 5) is 35.2. The van der Waals surface area contributed by atoms with Gasteiger partial charge in [0.25, 0.3) is 11.8 Å². The second-order valence-corrected chi connectivity index (χ2v) is 12.0. The number of thiophene rings is 1. The molecule has 0 aliphatic carbocycles. The van der Waals surface area contributed by atoms with Gasteiger partial charge in [-0.25, -0.2) is 14.4 Å². The molecule has 4 rings (SSSR count). The molecule has 192 valence electrons. The standard InChI is InChI=1S/C27H28FN5O2S2/c1-14-22(36-15(2)31-14)13-30-25(35)20-7-6-8-23(32-20)33-26-18(24(29)34)12-21(37-26)17-10-9-16(11-19(17)28)27(3,4)5/h6-12H,13H2,1-5H3,(H2,29,34)(H,30,35)(H,32,33). The maximum atomic E-state index is 15.0. The number of aryl methyl sites for hydroxylation is 2. The molecule has 0 aliphatic heterocycles. The molecule has 4 aromatic rings. The number of primary amides is 1. The SMILES string of the molecule is Cc1nc(C)c(CNC(=O)c2cccc(Nc3sc(-c4ccc(C(C)(C)C)cc4F)cc3C(N)=O)n2)s1. The molecular weight excluding hydrogens is 509 g/mol. The van der Waals surface area contributed by atoms with Crippen LogP contribution in [0.25, 0.3) is 10.4 Å². The Balaban J connectivity index is 1.56. The fourth-order valence-electron chi connectivity index (χ4n) is 3.72. The quantitative estimate of drug-likeness (QED) is 0.264. The number of thiazole rings is 1. The first-order chi connectivity index (χ1) is 17.4. The number of carbonyl (C=O) groups excluding carboxylic acids is 2. The predicted molar refractivity (Wildman–Crippen MR) is 147 cm³/mol. The fourth-order valence-corrected chi connectivity index (χ4v) is 5.69. The van der Waals surface area contributed by atoms with Crippen molar-refractivity contribution in [2.24, 2.45) is 5.73 Å². The zero-order valence-electron chi connectivity index (χ0n) is 21.2. The molecule has 4 N–H and O–H groups in total. The summed E-state index contributed by atoms with van der Waals surface area (Å²) in [7, 11) is 0. The minimum Gasteiger partial charge on any atom is -0.366 e. The van der Waals surface area contributed by atoms with Crippen molar-refractivity contribution in [3.8, 4) is 10.4 Å². The van der Waals surface area contributed by atoms with Crippen molar-refractivity contribution in [1.82, 2.24) is 15.3 Å². The minimum atomic E-state index is -0.652. The Hall–Kier alpha value is -3.63. The first-order valence-corrected chi connectivity index (χ1v) is 13.2. The molecule has 37 heavy (non-hydrogen) atoms. The largest absolute Gasteiger partial charge is 0.366 e. The van der Waals surface area contributed by atoms with Crippen LogP contribution in [0.15, 0.2) is 42.5 Å². The number of rotatable bonds is 7. The molecule has 0 spiro atoms. The maximum absolute atomic E-state index is 15.0. The van der Waals surface area contributed by atoms with Crippen molar-refractivity contribution in [2.45, 2.75) is 46.6 Å². The molecule has 7 nitrogen and oxygen atoms in total. The molecule has 0 unspecified atom stereocenters. The lowest BCUT2D eigenvalue weighted by Crippen LogP contribution is -2.23. The van der Waals surface area contributed by atoms with Crippen LogP contribution in [-0.4, -0.2) is 21.8 Å². The Kier molecular flexibility index (Phi) is 7.42. The number of nitrogens with one attached hydrogen (secondary N) is 2. The van der Waals surface area contributed by atoms with E-state index in [1.54, 1.807) is 30.3 Å². The normalized spacial score (nSPS) is 11.4. The van der Waals surface area contributed by atoms with Crippen LogP contribution in [0, 0.1) is 19.7 Å². The number of pyridine rings is 1. The number of benzene rings is 1. The summed E-state index contributed by atoms with van der Waals surface area (Å²) in [6, 6.07) is 11.7. The molecule has 0 radical (unpaired) electrons. The lowest BCUT2D eigenvalue weighted by Gasteiger charge is -2.19. The van der Waals surface area contributed by atoms with Gasteiger partial charge in [0.05, 0.1) is 22.8 Å². The van der Waals surface area contributed by atoms with Crippen LogP contribution in [0.1, 0.15) is 62.8 Å². The smallest absolute Gasteiger partial charge is 0.270 e. The molecule has 0 aliphatic rings. The maximum Gasteiger partial charge on any atom is 0.270 e. The van der Waals surface area contributed by atoms with E-state index in [0.717, 1.165) is 21.1 Å². The summed E-state index contributed by atoms with van der Waals surface area (Å²) in [5.74, 6) is -1.01.